The van der Waals surface area contributed by atoms with Crippen LogP contribution in [0, 0.1) is 0 Å². The molecule has 1 heterocycles. The van der Waals surface area contributed by atoms with E-state index in [0.29, 0.717) is 11.8 Å². The smallest absolute Gasteiger partial charge is 0.130 e. The molecule has 3 rings (SSSR count). The first kappa shape index (κ1) is 11.8. The van der Waals surface area contributed by atoms with E-state index in [4.69, 9.17) is 0 Å². The van der Waals surface area contributed by atoms with Crippen LogP contribution in [-0.4, -0.2) is 11.1 Å². The maximum Gasteiger partial charge on any atom is 0.130 e. The van der Waals surface area contributed by atoms with Gasteiger partial charge in [-0.3, -0.25) is 0 Å². The molecule has 1 unspecified atom stereocenters. The van der Waals surface area contributed by atoms with Crippen LogP contribution in [0.15, 0.2) is 40.0 Å². The predicted molar refractivity (Wildman–Crippen MR) is 76.6 cm³/mol. The zero-order valence-electron chi connectivity index (χ0n) is 10.3. The van der Waals surface area contributed by atoms with Crippen LogP contribution in [0.1, 0.15) is 24.5 Å². The van der Waals surface area contributed by atoms with E-state index in [9.17, 15) is 5.11 Å². The van der Waals surface area contributed by atoms with Gasteiger partial charge in [0.2, 0.25) is 0 Å². The van der Waals surface area contributed by atoms with Gasteiger partial charge in [0.15, 0.2) is 0 Å². The summed E-state index contributed by atoms with van der Waals surface area (Å²) in [7, 11) is 0. The molecule has 2 N–H and O–H groups in total. The first-order valence-corrected chi connectivity index (χ1v) is 7.07. The largest absolute Gasteiger partial charge is 0.507 e. The Hall–Kier alpha value is -1.22. The number of benzene rings is 1. The summed E-state index contributed by atoms with van der Waals surface area (Å²) in [4.78, 5) is 0. The third kappa shape index (κ3) is 1.97. The van der Waals surface area contributed by atoms with Crippen molar-refractivity contribution in [1.82, 2.24) is 5.32 Å². The average molecular weight is 306 g/mol. The molecule has 0 saturated heterocycles. The molecule has 2 aliphatic rings. The molecule has 1 aromatic rings. The molecule has 1 aliphatic heterocycles. The van der Waals surface area contributed by atoms with Crippen molar-refractivity contribution in [1.29, 1.82) is 0 Å². The summed E-state index contributed by atoms with van der Waals surface area (Å²) in [6, 6.07) is 4.23. The number of rotatable bonds is 0. The van der Waals surface area contributed by atoms with Crippen LogP contribution >= 0.6 is 15.9 Å². The quantitative estimate of drug-likeness (QED) is 0.769. The fraction of sp³-hybridized carbons (Fsp3) is 0.333. The first-order chi connectivity index (χ1) is 8.65. The summed E-state index contributed by atoms with van der Waals surface area (Å²) in [6.07, 6.45) is 7.42. The summed E-state index contributed by atoms with van der Waals surface area (Å²) in [5, 5.41) is 13.3. The lowest BCUT2D eigenvalue weighted by Crippen LogP contribution is -2.30. The van der Waals surface area contributed by atoms with E-state index in [1.807, 2.05) is 6.07 Å². The van der Waals surface area contributed by atoms with E-state index in [1.54, 1.807) is 6.07 Å². The van der Waals surface area contributed by atoms with Crippen LogP contribution in [0.25, 0.3) is 0 Å². The van der Waals surface area contributed by atoms with E-state index in [2.05, 4.69) is 40.4 Å². The van der Waals surface area contributed by atoms with Crippen LogP contribution in [0.3, 0.4) is 0 Å². The van der Waals surface area contributed by atoms with Crippen LogP contribution < -0.4 is 5.32 Å². The lowest BCUT2D eigenvalue weighted by molar-refractivity contribution is 0.470. The van der Waals surface area contributed by atoms with Gasteiger partial charge >= 0.3 is 0 Å². The highest BCUT2D eigenvalue weighted by molar-refractivity contribution is 9.10. The molecule has 1 aromatic carbocycles. The zero-order chi connectivity index (χ0) is 12.7. The number of allylic oxidation sites excluding steroid dienone is 2. The van der Waals surface area contributed by atoms with Crippen molar-refractivity contribution in [2.24, 2.45) is 0 Å². The van der Waals surface area contributed by atoms with Gasteiger partial charge in [-0.2, -0.15) is 0 Å². The lowest BCUT2D eigenvalue weighted by Gasteiger charge is -2.23. The molecule has 0 aromatic heterocycles. The molecular formula is C15H16BrNO. The molecule has 94 valence electrons. The fourth-order valence-corrected chi connectivity index (χ4v) is 3.39. The maximum atomic E-state index is 9.78. The highest BCUT2D eigenvalue weighted by atomic mass is 79.9. The van der Waals surface area contributed by atoms with Gasteiger partial charge in [-0.1, -0.05) is 12.1 Å². The highest BCUT2D eigenvalue weighted by Crippen LogP contribution is 2.35. The Balaban J connectivity index is 2.00. The average Bonchev–Trinajstić information content (AvgIpc) is 2.53. The lowest BCUT2D eigenvalue weighted by atomic mass is 9.96. The Bertz CT molecular complexity index is 560. The monoisotopic (exact) mass is 305 g/mol. The van der Waals surface area contributed by atoms with E-state index in [-0.39, 0.29) is 0 Å². The summed E-state index contributed by atoms with van der Waals surface area (Å²) >= 11 is 3.51. The zero-order valence-corrected chi connectivity index (χ0v) is 11.9. The second-order valence-electron chi connectivity index (χ2n) is 5.07. The maximum absolute atomic E-state index is 9.78. The Morgan fingerprint density at radius 3 is 3.00 bits per heavy atom. The SMILES string of the molecule is CC1=CNC2Cc3ccc(O)c(Br)c3CCC2=C1. The molecule has 1 aliphatic carbocycles. The molecule has 0 radical (unpaired) electrons. The van der Waals surface area contributed by atoms with Crippen molar-refractivity contribution in [3.05, 3.63) is 51.2 Å². The van der Waals surface area contributed by atoms with Gasteiger partial charge < -0.3 is 10.4 Å². The Morgan fingerprint density at radius 1 is 1.33 bits per heavy atom. The third-order valence-corrected chi connectivity index (χ3v) is 4.67. The second kappa shape index (κ2) is 4.47. The van der Waals surface area contributed by atoms with Crippen molar-refractivity contribution in [3.8, 4) is 5.75 Å². The Kier molecular flexibility index (Phi) is 2.94. The van der Waals surface area contributed by atoms with Crippen molar-refractivity contribution < 1.29 is 5.11 Å². The number of nitrogens with one attached hydrogen (secondary N) is 1. The molecular weight excluding hydrogens is 290 g/mol. The number of aromatic hydroxyl groups is 1. The van der Waals surface area contributed by atoms with E-state index in [1.165, 1.54) is 22.3 Å². The van der Waals surface area contributed by atoms with Crippen LogP contribution in [0.5, 0.6) is 5.75 Å². The Morgan fingerprint density at radius 2 is 2.17 bits per heavy atom. The molecule has 1 atom stereocenters. The van der Waals surface area contributed by atoms with Crippen molar-refractivity contribution in [2.75, 3.05) is 0 Å². The van der Waals surface area contributed by atoms with Crippen molar-refractivity contribution in [3.63, 3.8) is 0 Å². The molecule has 0 bridgehead atoms. The Labute approximate surface area is 116 Å². The van der Waals surface area contributed by atoms with Crippen molar-refractivity contribution in [2.45, 2.75) is 32.2 Å². The summed E-state index contributed by atoms with van der Waals surface area (Å²) in [6.45, 7) is 2.12. The number of halogens is 1. The van der Waals surface area contributed by atoms with Gasteiger partial charge in [0.25, 0.3) is 0 Å². The summed E-state index contributed by atoms with van der Waals surface area (Å²) in [5.41, 5.74) is 5.34. The van der Waals surface area contributed by atoms with Crippen LogP contribution in [0.4, 0.5) is 0 Å². The van der Waals surface area contributed by atoms with Crippen molar-refractivity contribution >= 4 is 15.9 Å². The second-order valence-corrected chi connectivity index (χ2v) is 5.86. The summed E-state index contributed by atoms with van der Waals surface area (Å²) < 4.78 is 0.865. The van der Waals surface area contributed by atoms with E-state index < -0.39 is 0 Å². The van der Waals surface area contributed by atoms with Gasteiger partial charge in [0.05, 0.1) is 10.5 Å². The molecule has 0 saturated carbocycles. The molecule has 0 fully saturated rings. The molecule has 18 heavy (non-hydrogen) atoms. The van der Waals surface area contributed by atoms with Gasteiger partial charge in [0.1, 0.15) is 5.75 Å². The first-order valence-electron chi connectivity index (χ1n) is 6.27. The number of phenolic OH excluding ortho intramolecular Hbond substituents is 1. The summed E-state index contributed by atoms with van der Waals surface area (Å²) in [5.74, 6) is 0.342. The van der Waals surface area contributed by atoms with Crippen LogP contribution in [-0.2, 0) is 12.8 Å². The molecule has 3 heteroatoms. The minimum atomic E-state index is 0.342. The highest BCUT2D eigenvalue weighted by Gasteiger charge is 2.23. The number of hydrogen-bond donors (Lipinski definition) is 2. The van der Waals surface area contributed by atoms with Gasteiger partial charge in [-0.05, 0) is 76.7 Å². The molecule has 2 nitrogen and oxygen atoms in total. The number of fused-ring (bicyclic) bond motifs is 2. The standard InChI is InChI=1S/C15H16BrNO/c1-9-6-11-2-4-12-10(7-13(11)17-8-9)3-5-14(18)15(12)16/h3,5-6,8,13,17-18H,2,4,7H2,1H3. The van der Waals surface area contributed by atoms with E-state index >= 15 is 0 Å². The van der Waals surface area contributed by atoms with Gasteiger partial charge in [-0.25, -0.2) is 0 Å². The predicted octanol–water partition coefficient (Wildman–Crippen LogP) is 3.45. The normalized spacial score (nSPS) is 22.0. The number of dihydropyridines is 1. The topological polar surface area (TPSA) is 32.3 Å². The van der Waals surface area contributed by atoms with Gasteiger partial charge in [0, 0.05) is 0 Å². The minimum Gasteiger partial charge on any atom is -0.507 e. The van der Waals surface area contributed by atoms with E-state index in [0.717, 1.165) is 23.7 Å². The minimum absolute atomic E-state index is 0.342. The fourth-order valence-electron chi connectivity index (χ4n) is 2.81. The third-order valence-electron chi connectivity index (χ3n) is 3.78. The number of phenols is 1. The van der Waals surface area contributed by atoms with Gasteiger partial charge in [-0.15, -0.1) is 0 Å². The van der Waals surface area contributed by atoms with Crippen LogP contribution in [0.2, 0.25) is 0 Å². The number of hydrogen-bond acceptors (Lipinski definition) is 2. The molecule has 0 spiro atoms. The molecule has 0 amide bonds.